The van der Waals surface area contributed by atoms with Crippen LogP contribution in [0.25, 0.3) is 11.0 Å². The van der Waals surface area contributed by atoms with Crippen LogP contribution in [0.2, 0.25) is 0 Å². The lowest BCUT2D eigenvalue weighted by atomic mass is 9.97. The fourth-order valence-corrected chi connectivity index (χ4v) is 3.15. The number of hydrogen-bond acceptors (Lipinski definition) is 2. The Kier molecular flexibility index (Phi) is 4.08. The highest BCUT2D eigenvalue weighted by Gasteiger charge is 2.37. The maximum atomic E-state index is 6.10. The monoisotopic (exact) mass is 285 g/mol. The van der Waals surface area contributed by atoms with E-state index in [2.05, 4.69) is 50.4 Å². The van der Waals surface area contributed by atoms with Gasteiger partial charge in [-0.05, 0) is 45.1 Å². The molecule has 1 N–H and O–H groups in total. The molecule has 0 bridgehead atoms. The summed E-state index contributed by atoms with van der Waals surface area (Å²) in [5.41, 5.74) is 2.64. The lowest BCUT2D eigenvalue weighted by molar-refractivity contribution is 0.338. The largest absolute Gasteiger partial charge is 0.461 e. The van der Waals surface area contributed by atoms with Gasteiger partial charge in [-0.3, -0.25) is 0 Å². The number of hydrogen-bond donors (Lipinski definition) is 1. The first-order chi connectivity index (χ1) is 10.1. The first-order valence-electron chi connectivity index (χ1n) is 8.36. The van der Waals surface area contributed by atoms with Gasteiger partial charge in [0, 0.05) is 29.5 Å². The molecule has 1 saturated carbocycles. The van der Waals surface area contributed by atoms with Gasteiger partial charge < -0.3 is 9.73 Å². The topological polar surface area (TPSA) is 25.2 Å². The Balaban J connectivity index is 1.84. The lowest BCUT2D eigenvalue weighted by Gasteiger charge is -2.26. The predicted octanol–water partition coefficient (Wildman–Crippen LogP) is 5.05. The van der Waals surface area contributed by atoms with Crippen molar-refractivity contribution in [1.82, 2.24) is 5.32 Å². The number of fused-ring (bicyclic) bond motifs is 1. The van der Waals surface area contributed by atoms with Gasteiger partial charge in [0.15, 0.2) is 0 Å². The molecule has 0 amide bonds. The molecule has 0 aliphatic heterocycles. The molecule has 21 heavy (non-hydrogen) atoms. The maximum Gasteiger partial charge on any atom is 0.134 e. The second-order valence-corrected chi connectivity index (χ2v) is 6.95. The summed E-state index contributed by atoms with van der Waals surface area (Å²) in [6, 6.07) is 8.44. The highest BCUT2D eigenvalue weighted by atomic mass is 16.3. The minimum Gasteiger partial charge on any atom is -0.461 e. The van der Waals surface area contributed by atoms with Gasteiger partial charge in [-0.2, -0.15) is 0 Å². The molecule has 1 aliphatic rings. The summed E-state index contributed by atoms with van der Waals surface area (Å²) in [5.74, 6) is 2.02. The fraction of sp³-hybridized carbons (Fsp3) is 0.579. The SMILES string of the molecule is CCCCc1oc2ccccc2c1CNC(C)(C)C1CC1. The van der Waals surface area contributed by atoms with Crippen molar-refractivity contribution in [1.29, 1.82) is 0 Å². The molecular formula is C19H27NO. The average Bonchev–Trinajstić information content (AvgIpc) is 3.26. The number of para-hydroxylation sites is 1. The van der Waals surface area contributed by atoms with Crippen molar-refractivity contribution >= 4 is 11.0 Å². The highest BCUT2D eigenvalue weighted by Crippen LogP contribution is 2.39. The van der Waals surface area contributed by atoms with Crippen LogP contribution in [0.5, 0.6) is 0 Å². The molecule has 1 aromatic carbocycles. The van der Waals surface area contributed by atoms with E-state index in [1.807, 2.05) is 0 Å². The van der Waals surface area contributed by atoms with E-state index in [-0.39, 0.29) is 5.54 Å². The molecule has 2 heteroatoms. The van der Waals surface area contributed by atoms with Gasteiger partial charge in [0.25, 0.3) is 0 Å². The molecule has 0 saturated heterocycles. The van der Waals surface area contributed by atoms with Gasteiger partial charge in [-0.15, -0.1) is 0 Å². The third-order valence-corrected chi connectivity index (χ3v) is 4.86. The van der Waals surface area contributed by atoms with Gasteiger partial charge in [0.2, 0.25) is 0 Å². The zero-order valence-corrected chi connectivity index (χ0v) is 13.5. The van der Waals surface area contributed by atoms with E-state index in [4.69, 9.17) is 4.42 Å². The summed E-state index contributed by atoms with van der Waals surface area (Å²) < 4.78 is 6.10. The van der Waals surface area contributed by atoms with Crippen molar-refractivity contribution in [3.63, 3.8) is 0 Å². The third kappa shape index (κ3) is 3.16. The highest BCUT2D eigenvalue weighted by molar-refractivity contribution is 5.82. The summed E-state index contributed by atoms with van der Waals surface area (Å²) in [4.78, 5) is 0. The van der Waals surface area contributed by atoms with Gasteiger partial charge in [-0.1, -0.05) is 31.5 Å². The van der Waals surface area contributed by atoms with Crippen molar-refractivity contribution in [2.45, 2.75) is 65.0 Å². The fourth-order valence-electron chi connectivity index (χ4n) is 3.15. The van der Waals surface area contributed by atoms with Crippen LogP contribution in [0.15, 0.2) is 28.7 Å². The quantitative estimate of drug-likeness (QED) is 0.769. The average molecular weight is 285 g/mol. The van der Waals surface area contributed by atoms with Crippen LogP contribution in [0.3, 0.4) is 0 Å². The van der Waals surface area contributed by atoms with Crippen LogP contribution in [0.4, 0.5) is 0 Å². The van der Waals surface area contributed by atoms with Gasteiger partial charge in [-0.25, -0.2) is 0 Å². The Bertz CT molecular complexity index is 607. The van der Waals surface area contributed by atoms with Crippen molar-refractivity contribution in [2.75, 3.05) is 0 Å². The van der Waals surface area contributed by atoms with Crippen molar-refractivity contribution in [2.24, 2.45) is 5.92 Å². The zero-order valence-electron chi connectivity index (χ0n) is 13.5. The third-order valence-electron chi connectivity index (χ3n) is 4.86. The molecule has 0 atom stereocenters. The maximum absolute atomic E-state index is 6.10. The smallest absolute Gasteiger partial charge is 0.134 e. The minimum atomic E-state index is 0.237. The molecule has 0 unspecified atom stereocenters. The van der Waals surface area contributed by atoms with Gasteiger partial charge >= 0.3 is 0 Å². The Morgan fingerprint density at radius 3 is 2.71 bits per heavy atom. The first-order valence-corrected chi connectivity index (χ1v) is 8.36. The van der Waals surface area contributed by atoms with E-state index in [0.717, 1.165) is 24.5 Å². The predicted molar refractivity (Wildman–Crippen MR) is 88.5 cm³/mol. The summed E-state index contributed by atoms with van der Waals surface area (Å²) in [6.45, 7) is 7.81. The number of benzene rings is 1. The Hall–Kier alpha value is -1.28. The van der Waals surface area contributed by atoms with Crippen LogP contribution < -0.4 is 5.32 Å². The number of aryl methyl sites for hydroxylation is 1. The molecule has 1 aliphatic carbocycles. The van der Waals surface area contributed by atoms with E-state index < -0.39 is 0 Å². The van der Waals surface area contributed by atoms with Gasteiger partial charge in [0.05, 0.1) is 0 Å². The molecule has 2 nitrogen and oxygen atoms in total. The molecule has 114 valence electrons. The molecule has 0 spiro atoms. The van der Waals surface area contributed by atoms with Crippen molar-refractivity contribution < 1.29 is 4.42 Å². The summed E-state index contributed by atoms with van der Waals surface area (Å²) in [6.07, 6.45) is 6.19. The standard InChI is InChI=1S/C19H27NO/c1-4-5-9-18-16(13-20-19(2,3)14-11-12-14)15-8-6-7-10-17(15)21-18/h6-8,10,14,20H,4-5,9,11-13H2,1-3H3. The van der Waals surface area contributed by atoms with E-state index in [9.17, 15) is 0 Å². The number of rotatable bonds is 7. The lowest BCUT2D eigenvalue weighted by Crippen LogP contribution is -2.40. The van der Waals surface area contributed by atoms with Crippen LogP contribution in [-0.4, -0.2) is 5.54 Å². The molecule has 3 rings (SSSR count). The molecule has 1 fully saturated rings. The number of nitrogens with one attached hydrogen (secondary N) is 1. The van der Waals surface area contributed by atoms with Crippen LogP contribution in [-0.2, 0) is 13.0 Å². The number of unbranched alkanes of at least 4 members (excludes halogenated alkanes) is 1. The van der Waals surface area contributed by atoms with Crippen LogP contribution in [0, 0.1) is 5.92 Å². The Morgan fingerprint density at radius 1 is 1.24 bits per heavy atom. The van der Waals surface area contributed by atoms with Crippen LogP contribution >= 0.6 is 0 Å². The second kappa shape index (κ2) is 5.84. The summed E-state index contributed by atoms with van der Waals surface area (Å²) in [5, 5.41) is 5.05. The molecular weight excluding hydrogens is 258 g/mol. The number of furan rings is 1. The second-order valence-electron chi connectivity index (χ2n) is 6.95. The molecule has 1 heterocycles. The van der Waals surface area contributed by atoms with E-state index in [1.54, 1.807) is 0 Å². The van der Waals surface area contributed by atoms with Gasteiger partial charge in [0.1, 0.15) is 11.3 Å². The van der Waals surface area contributed by atoms with E-state index in [0.29, 0.717) is 0 Å². The summed E-state index contributed by atoms with van der Waals surface area (Å²) >= 11 is 0. The Labute approximate surface area is 127 Å². The zero-order chi connectivity index (χ0) is 14.9. The van der Waals surface area contributed by atoms with E-state index in [1.165, 1.54) is 42.4 Å². The van der Waals surface area contributed by atoms with E-state index >= 15 is 0 Å². The summed E-state index contributed by atoms with van der Waals surface area (Å²) in [7, 11) is 0. The minimum absolute atomic E-state index is 0.237. The Morgan fingerprint density at radius 2 is 2.00 bits per heavy atom. The van der Waals surface area contributed by atoms with Crippen molar-refractivity contribution in [3.05, 3.63) is 35.6 Å². The van der Waals surface area contributed by atoms with Crippen molar-refractivity contribution in [3.8, 4) is 0 Å². The normalized spacial score (nSPS) is 15.8. The van der Waals surface area contributed by atoms with Crippen LogP contribution in [0.1, 0.15) is 57.8 Å². The molecule has 2 aromatic rings. The first kappa shape index (κ1) is 14.6. The molecule has 0 radical (unpaired) electrons. The molecule has 1 aromatic heterocycles.